The number of ether oxygens (including phenoxy) is 2. The lowest BCUT2D eigenvalue weighted by Crippen LogP contribution is -2.29. The van der Waals surface area contributed by atoms with Crippen LogP contribution >= 0.6 is 0 Å². The number of hydrogen-bond acceptors (Lipinski definition) is 5. The highest BCUT2D eigenvalue weighted by molar-refractivity contribution is 5.68. The SMILES string of the molecule is Cc1cc(-c2onc(C)c2COC(=O)N(C)CCC(C)C)ccc1OC1CCCCC1. The molecule has 0 radical (unpaired) electrons. The Hall–Kier alpha value is -2.50. The second kappa shape index (κ2) is 10.7. The summed E-state index contributed by atoms with van der Waals surface area (Å²) in [6.07, 6.45) is 6.98. The lowest BCUT2D eigenvalue weighted by atomic mass is 9.97. The number of aromatic nitrogens is 1. The van der Waals surface area contributed by atoms with Crippen LogP contribution in [0.2, 0.25) is 0 Å². The Morgan fingerprint density at radius 3 is 2.65 bits per heavy atom. The number of benzene rings is 1. The first-order valence-corrected chi connectivity index (χ1v) is 11.5. The van der Waals surface area contributed by atoms with Crippen LogP contribution in [0.25, 0.3) is 11.3 Å². The smallest absolute Gasteiger partial charge is 0.409 e. The summed E-state index contributed by atoms with van der Waals surface area (Å²) in [6, 6.07) is 6.05. The van der Waals surface area contributed by atoms with Crippen LogP contribution < -0.4 is 4.74 Å². The Labute approximate surface area is 185 Å². The number of rotatable bonds is 8. The lowest BCUT2D eigenvalue weighted by molar-refractivity contribution is 0.103. The molecular formula is C25H36N2O4. The zero-order valence-corrected chi connectivity index (χ0v) is 19.6. The molecule has 6 nitrogen and oxygen atoms in total. The number of hydrogen-bond donors (Lipinski definition) is 0. The highest BCUT2D eigenvalue weighted by Gasteiger charge is 2.20. The molecule has 6 heteroatoms. The summed E-state index contributed by atoms with van der Waals surface area (Å²) in [4.78, 5) is 13.9. The number of nitrogens with zero attached hydrogens (tertiary/aromatic N) is 2. The molecule has 1 aliphatic carbocycles. The highest BCUT2D eigenvalue weighted by Crippen LogP contribution is 2.32. The van der Waals surface area contributed by atoms with Crippen molar-refractivity contribution in [1.82, 2.24) is 10.1 Å². The van der Waals surface area contributed by atoms with Gasteiger partial charge in [-0.25, -0.2) is 4.79 Å². The largest absolute Gasteiger partial charge is 0.490 e. The van der Waals surface area contributed by atoms with E-state index in [2.05, 4.69) is 25.1 Å². The molecule has 1 fully saturated rings. The van der Waals surface area contributed by atoms with Gasteiger partial charge in [-0.15, -0.1) is 0 Å². The van der Waals surface area contributed by atoms with Crippen molar-refractivity contribution in [3.05, 3.63) is 35.0 Å². The van der Waals surface area contributed by atoms with E-state index in [1.807, 2.05) is 26.0 Å². The van der Waals surface area contributed by atoms with E-state index in [1.165, 1.54) is 19.3 Å². The van der Waals surface area contributed by atoms with Crippen LogP contribution in [-0.4, -0.2) is 35.8 Å². The minimum Gasteiger partial charge on any atom is -0.490 e. The van der Waals surface area contributed by atoms with Gasteiger partial charge in [0, 0.05) is 19.2 Å². The van der Waals surface area contributed by atoms with Crippen molar-refractivity contribution in [1.29, 1.82) is 0 Å². The molecule has 0 aliphatic heterocycles. The molecule has 0 N–H and O–H groups in total. The van der Waals surface area contributed by atoms with Gasteiger partial charge < -0.3 is 18.9 Å². The summed E-state index contributed by atoms with van der Waals surface area (Å²) in [5, 5.41) is 4.11. The minimum absolute atomic E-state index is 0.134. The maximum Gasteiger partial charge on any atom is 0.409 e. The third-order valence-electron chi connectivity index (χ3n) is 5.96. The average molecular weight is 429 g/mol. The van der Waals surface area contributed by atoms with E-state index in [4.69, 9.17) is 14.0 Å². The number of carbonyl (C=O) groups excluding carboxylic acids is 1. The first-order valence-electron chi connectivity index (χ1n) is 11.5. The van der Waals surface area contributed by atoms with E-state index < -0.39 is 0 Å². The fourth-order valence-electron chi connectivity index (χ4n) is 3.86. The average Bonchev–Trinajstić information content (AvgIpc) is 3.12. The van der Waals surface area contributed by atoms with Crippen LogP contribution in [0.4, 0.5) is 4.79 Å². The van der Waals surface area contributed by atoms with Gasteiger partial charge in [-0.1, -0.05) is 25.4 Å². The van der Waals surface area contributed by atoms with Crippen LogP contribution in [-0.2, 0) is 11.3 Å². The molecule has 1 aliphatic rings. The quantitative estimate of drug-likeness (QED) is 0.495. The van der Waals surface area contributed by atoms with Gasteiger partial charge in [0.2, 0.25) is 0 Å². The third-order valence-corrected chi connectivity index (χ3v) is 5.96. The van der Waals surface area contributed by atoms with Crippen LogP contribution in [0.3, 0.4) is 0 Å². The van der Waals surface area contributed by atoms with E-state index in [1.54, 1.807) is 11.9 Å². The van der Waals surface area contributed by atoms with E-state index in [0.717, 1.165) is 47.4 Å². The van der Waals surface area contributed by atoms with Crippen molar-refractivity contribution in [3.63, 3.8) is 0 Å². The predicted molar refractivity (Wildman–Crippen MR) is 121 cm³/mol. The first-order chi connectivity index (χ1) is 14.8. The van der Waals surface area contributed by atoms with Gasteiger partial charge in [-0.3, -0.25) is 0 Å². The van der Waals surface area contributed by atoms with Gasteiger partial charge >= 0.3 is 6.09 Å². The maximum absolute atomic E-state index is 12.3. The second-order valence-electron chi connectivity index (χ2n) is 9.09. The molecule has 1 amide bonds. The third kappa shape index (κ3) is 6.25. The lowest BCUT2D eigenvalue weighted by Gasteiger charge is -2.24. The fraction of sp³-hybridized carbons (Fsp3) is 0.600. The molecule has 0 atom stereocenters. The molecule has 31 heavy (non-hydrogen) atoms. The minimum atomic E-state index is -0.334. The molecule has 1 heterocycles. The van der Waals surface area contributed by atoms with Crippen molar-refractivity contribution in [2.45, 2.75) is 78.9 Å². The molecule has 1 saturated carbocycles. The Balaban J connectivity index is 1.67. The molecule has 0 unspecified atom stereocenters. The molecule has 0 saturated heterocycles. The molecular weight excluding hydrogens is 392 g/mol. The summed E-state index contributed by atoms with van der Waals surface area (Å²) >= 11 is 0. The number of amides is 1. The van der Waals surface area contributed by atoms with Crippen LogP contribution in [0.5, 0.6) is 5.75 Å². The number of aryl methyl sites for hydroxylation is 2. The zero-order valence-electron chi connectivity index (χ0n) is 19.6. The van der Waals surface area contributed by atoms with E-state index in [9.17, 15) is 4.79 Å². The molecule has 3 rings (SSSR count). The van der Waals surface area contributed by atoms with E-state index >= 15 is 0 Å². The molecule has 1 aromatic carbocycles. The molecule has 1 aromatic heterocycles. The maximum atomic E-state index is 12.3. The Morgan fingerprint density at radius 2 is 1.97 bits per heavy atom. The van der Waals surface area contributed by atoms with Gasteiger partial charge in [-0.05, 0) is 75.6 Å². The molecule has 170 valence electrons. The second-order valence-corrected chi connectivity index (χ2v) is 9.09. The standard InChI is InChI=1S/C25H36N2O4/c1-17(2)13-14-27(5)25(28)29-16-22-19(4)26-31-24(22)20-11-12-23(18(3)15-20)30-21-9-7-6-8-10-21/h11-12,15,17,21H,6-10,13-14,16H2,1-5H3. The topological polar surface area (TPSA) is 64.8 Å². The van der Waals surface area contributed by atoms with E-state index in [0.29, 0.717) is 24.3 Å². The number of carbonyl (C=O) groups is 1. The van der Waals surface area contributed by atoms with Crippen molar-refractivity contribution < 1.29 is 18.8 Å². The molecule has 0 spiro atoms. The summed E-state index contributed by atoms with van der Waals surface area (Å²) in [7, 11) is 1.76. The van der Waals surface area contributed by atoms with Gasteiger partial charge in [0.15, 0.2) is 5.76 Å². The predicted octanol–water partition coefficient (Wildman–Crippen LogP) is 6.28. The molecule has 0 bridgehead atoms. The van der Waals surface area contributed by atoms with Gasteiger partial charge in [0.1, 0.15) is 12.4 Å². The van der Waals surface area contributed by atoms with Crippen molar-refractivity contribution in [2.24, 2.45) is 5.92 Å². The van der Waals surface area contributed by atoms with E-state index in [-0.39, 0.29) is 12.7 Å². The Kier molecular flexibility index (Phi) is 7.99. The van der Waals surface area contributed by atoms with Crippen molar-refractivity contribution >= 4 is 6.09 Å². The summed E-state index contributed by atoms with van der Waals surface area (Å²) < 4.78 is 17.4. The van der Waals surface area contributed by atoms with Crippen LogP contribution in [0.1, 0.15) is 69.2 Å². The van der Waals surface area contributed by atoms with Crippen LogP contribution in [0.15, 0.2) is 22.7 Å². The highest BCUT2D eigenvalue weighted by atomic mass is 16.6. The normalized spacial score (nSPS) is 14.6. The monoisotopic (exact) mass is 428 g/mol. The summed E-state index contributed by atoms with van der Waals surface area (Å²) in [5.74, 6) is 2.10. The summed E-state index contributed by atoms with van der Waals surface area (Å²) in [6.45, 7) is 9.00. The van der Waals surface area contributed by atoms with Crippen molar-refractivity contribution in [2.75, 3.05) is 13.6 Å². The Morgan fingerprint density at radius 1 is 1.23 bits per heavy atom. The van der Waals surface area contributed by atoms with Crippen LogP contribution in [0, 0.1) is 19.8 Å². The zero-order chi connectivity index (χ0) is 22.4. The Bertz CT molecular complexity index is 868. The first kappa shape index (κ1) is 23.2. The molecule has 2 aromatic rings. The van der Waals surface area contributed by atoms with Crippen molar-refractivity contribution in [3.8, 4) is 17.1 Å². The van der Waals surface area contributed by atoms with Gasteiger partial charge in [0.25, 0.3) is 0 Å². The van der Waals surface area contributed by atoms with Gasteiger partial charge in [-0.2, -0.15) is 0 Å². The summed E-state index contributed by atoms with van der Waals surface area (Å²) in [5.41, 5.74) is 3.50. The van der Waals surface area contributed by atoms with Gasteiger partial charge in [0.05, 0.1) is 17.4 Å². The fourth-order valence-corrected chi connectivity index (χ4v) is 3.86.